The molecule has 1 N–H and O–H groups in total. The fourth-order valence-electron chi connectivity index (χ4n) is 2.69. The van der Waals surface area contributed by atoms with Crippen LogP contribution < -0.4 is 19.5 Å². The maximum absolute atomic E-state index is 12.7. The summed E-state index contributed by atoms with van der Waals surface area (Å²) in [5.74, 6) is 0.998. The van der Waals surface area contributed by atoms with Crippen LogP contribution in [0.2, 0.25) is 0 Å². The molecule has 0 saturated carbocycles. The summed E-state index contributed by atoms with van der Waals surface area (Å²) in [4.78, 5) is 17.3. The molecule has 1 amide bonds. The van der Waals surface area contributed by atoms with Crippen molar-refractivity contribution in [2.24, 2.45) is 0 Å². The Morgan fingerprint density at radius 2 is 1.62 bits per heavy atom. The highest BCUT2D eigenvalue weighted by Crippen LogP contribution is 2.38. The average Bonchev–Trinajstić information content (AvgIpc) is 3.08. The Morgan fingerprint density at radius 3 is 2.15 bits per heavy atom. The van der Waals surface area contributed by atoms with Crippen molar-refractivity contribution >= 4 is 32.6 Å². The van der Waals surface area contributed by atoms with Crippen LogP contribution in [0.1, 0.15) is 21.5 Å². The first-order valence-corrected chi connectivity index (χ1v) is 8.78. The van der Waals surface area contributed by atoms with Gasteiger partial charge in [0.15, 0.2) is 16.6 Å². The van der Waals surface area contributed by atoms with Gasteiger partial charge in [0.05, 0.1) is 31.5 Å². The third-order valence-electron chi connectivity index (χ3n) is 4.09. The number of hydrogen-bond donors (Lipinski definition) is 1. The number of carbonyl (C=O) groups excluding carboxylic acids is 1. The summed E-state index contributed by atoms with van der Waals surface area (Å²) in [7, 11) is 4.54. The fourth-order valence-corrected chi connectivity index (χ4v) is 3.70. The minimum absolute atomic E-state index is 0.293. The molecule has 7 heteroatoms. The van der Waals surface area contributed by atoms with Crippen LogP contribution >= 0.6 is 11.3 Å². The molecular weight excluding hydrogens is 352 g/mol. The first kappa shape index (κ1) is 18.0. The Hall–Kier alpha value is -2.80. The van der Waals surface area contributed by atoms with Gasteiger partial charge in [0.1, 0.15) is 0 Å². The standard InChI is InChI=1S/C19H20N2O4S/c1-10-6-7-11(2)17-15(10)20-19(26-17)21-18(22)12-8-13(23-3)16(25-5)14(9-12)24-4/h6-9H,1-5H3,(H,20,21,22). The number of fused-ring (bicyclic) bond motifs is 1. The quantitative estimate of drug-likeness (QED) is 0.727. The van der Waals surface area contributed by atoms with Crippen LogP contribution in [-0.2, 0) is 0 Å². The summed E-state index contributed by atoms with van der Waals surface area (Å²) in [6, 6.07) is 7.31. The van der Waals surface area contributed by atoms with Crippen molar-refractivity contribution in [1.29, 1.82) is 0 Å². The Morgan fingerprint density at radius 1 is 1.00 bits per heavy atom. The Bertz CT molecular complexity index is 917. The Kier molecular flexibility index (Phi) is 4.99. The number of aryl methyl sites for hydroxylation is 2. The maximum Gasteiger partial charge on any atom is 0.257 e. The topological polar surface area (TPSA) is 69.7 Å². The largest absolute Gasteiger partial charge is 0.493 e. The molecule has 6 nitrogen and oxygen atoms in total. The highest BCUT2D eigenvalue weighted by Gasteiger charge is 2.18. The van der Waals surface area contributed by atoms with E-state index < -0.39 is 0 Å². The first-order valence-electron chi connectivity index (χ1n) is 7.96. The van der Waals surface area contributed by atoms with Gasteiger partial charge < -0.3 is 14.2 Å². The lowest BCUT2D eigenvalue weighted by atomic mass is 10.1. The summed E-state index contributed by atoms with van der Waals surface area (Å²) in [5.41, 5.74) is 3.52. The number of methoxy groups -OCH3 is 3. The molecule has 136 valence electrons. The fraction of sp³-hybridized carbons (Fsp3) is 0.263. The first-order chi connectivity index (χ1) is 12.5. The number of aromatic nitrogens is 1. The van der Waals surface area contributed by atoms with Gasteiger partial charge in [0.2, 0.25) is 5.75 Å². The lowest BCUT2D eigenvalue weighted by molar-refractivity contribution is 0.102. The van der Waals surface area contributed by atoms with Crippen LogP contribution in [0.25, 0.3) is 10.2 Å². The monoisotopic (exact) mass is 372 g/mol. The number of anilines is 1. The molecule has 0 radical (unpaired) electrons. The summed E-state index contributed by atoms with van der Waals surface area (Å²) < 4.78 is 17.0. The molecule has 0 aliphatic heterocycles. The second-order valence-corrected chi connectivity index (χ2v) is 6.76. The molecule has 1 heterocycles. The van der Waals surface area contributed by atoms with Gasteiger partial charge >= 0.3 is 0 Å². The third kappa shape index (κ3) is 3.17. The van der Waals surface area contributed by atoms with Crippen LogP contribution in [0.5, 0.6) is 17.2 Å². The zero-order chi connectivity index (χ0) is 18.8. The van der Waals surface area contributed by atoms with Crippen molar-refractivity contribution in [1.82, 2.24) is 4.98 Å². The number of nitrogens with zero attached hydrogens (tertiary/aromatic N) is 1. The Labute approximate surface area is 155 Å². The maximum atomic E-state index is 12.7. The number of amides is 1. The highest BCUT2D eigenvalue weighted by molar-refractivity contribution is 7.22. The van der Waals surface area contributed by atoms with Gasteiger partial charge in [0, 0.05) is 5.56 Å². The number of benzene rings is 2. The summed E-state index contributed by atoms with van der Waals surface area (Å²) in [6.45, 7) is 4.04. The third-order valence-corrected chi connectivity index (χ3v) is 5.20. The van der Waals surface area contributed by atoms with Crippen molar-refractivity contribution in [3.8, 4) is 17.2 Å². The molecule has 1 aromatic heterocycles. The van der Waals surface area contributed by atoms with Crippen molar-refractivity contribution < 1.29 is 19.0 Å². The van der Waals surface area contributed by atoms with E-state index in [9.17, 15) is 4.79 Å². The van der Waals surface area contributed by atoms with Gasteiger partial charge in [-0.05, 0) is 37.1 Å². The van der Waals surface area contributed by atoms with Crippen molar-refractivity contribution in [3.05, 3.63) is 41.0 Å². The predicted molar refractivity (Wildman–Crippen MR) is 103 cm³/mol. The molecule has 3 aromatic rings. The molecule has 0 fully saturated rings. The number of rotatable bonds is 5. The molecule has 0 spiro atoms. The zero-order valence-electron chi connectivity index (χ0n) is 15.3. The van der Waals surface area contributed by atoms with Gasteiger partial charge in [-0.15, -0.1) is 0 Å². The highest BCUT2D eigenvalue weighted by atomic mass is 32.1. The van der Waals surface area contributed by atoms with E-state index in [1.54, 1.807) is 12.1 Å². The van der Waals surface area contributed by atoms with Gasteiger partial charge in [-0.3, -0.25) is 10.1 Å². The molecule has 0 aliphatic rings. The molecule has 0 saturated heterocycles. The minimum atomic E-state index is -0.293. The average molecular weight is 372 g/mol. The van der Waals surface area contributed by atoms with Crippen LogP contribution in [0.4, 0.5) is 5.13 Å². The van der Waals surface area contributed by atoms with Gasteiger partial charge in [0.25, 0.3) is 5.91 Å². The second-order valence-electron chi connectivity index (χ2n) is 5.76. The molecule has 0 aliphatic carbocycles. The molecule has 0 bridgehead atoms. The number of carbonyl (C=O) groups is 1. The summed E-state index contributed by atoms with van der Waals surface area (Å²) >= 11 is 1.46. The SMILES string of the molecule is COc1cc(C(=O)Nc2nc3c(C)ccc(C)c3s2)cc(OC)c1OC. The molecule has 2 aromatic carbocycles. The molecule has 0 unspecified atom stereocenters. The minimum Gasteiger partial charge on any atom is -0.493 e. The number of ether oxygens (including phenoxy) is 3. The van der Waals surface area contributed by atoms with Crippen LogP contribution in [0.3, 0.4) is 0 Å². The predicted octanol–water partition coefficient (Wildman–Crippen LogP) is 4.19. The van der Waals surface area contributed by atoms with E-state index in [-0.39, 0.29) is 5.91 Å². The lowest BCUT2D eigenvalue weighted by Crippen LogP contribution is -2.12. The lowest BCUT2D eigenvalue weighted by Gasteiger charge is -2.13. The van der Waals surface area contributed by atoms with E-state index in [4.69, 9.17) is 14.2 Å². The van der Waals surface area contributed by atoms with Gasteiger partial charge in [-0.25, -0.2) is 4.98 Å². The van der Waals surface area contributed by atoms with Crippen LogP contribution in [0, 0.1) is 13.8 Å². The van der Waals surface area contributed by atoms with E-state index in [1.807, 2.05) is 19.9 Å². The van der Waals surface area contributed by atoms with Crippen molar-refractivity contribution in [2.45, 2.75) is 13.8 Å². The summed E-state index contributed by atoms with van der Waals surface area (Å²) in [6.07, 6.45) is 0. The zero-order valence-corrected chi connectivity index (χ0v) is 16.1. The number of hydrogen-bond acceptors (Lipinski definition) is 6. The van der Waals surface area contributed by atoms with E-state index in [0.29, 0.717) is 27.9 Å². The number of thiazole rings is 1. The molecule has 26 heavy (non-hydrogen) atoms. The van der Waals surface area contributed by atoms with E-state index in [0.717, 1.165) is 21.3 Å². The van der Waals surface area contributed by atoms with Crippen molar-refractivity contribution in [2.75, 3.05) is 26.6 Å². The second kappa shape index (κ2) is 7.21. The van der Waals surface area contributed by atoms with Crippen LogP contribution in [-0.4, -0.2) is 32.2 Å². The van der Waals surface area contributed by atoms with Gasteiger partial charge in [-0.1, -0.05) is 23.5 Å². The molecule has 0 atom stereocenters. The molecule has 3 rings (SSSR count). The van der Waals surface area contributed by atoms with Gasteiger partial charge in [-0.2, -0.15) is 0 Å². The van der Waals surface area contributed by atoms with Crippen LogP contribution in [0.15, 0.2) is 24.3 Å². The number of nitrogens with one attached hydrogen (secondary N) is 1. The Balaban J connectivity index is 1.95. The van der Waals surface area contributed by atoms with E-state index >= 15 is 0 Å². The van der Waals surface area contributed by atoms with Crippen molar-refractivity contribution in [3.63, 3.8) is 0 Å². The smallest absolute Gasteiger partial charge is 0.257 e. The normalized spacial score (nSPS) is 10.7. The summed E-state index contributed by atoms with van der Waals surface area (Å²) in [5, 5.41) is 3.41. The molecular formula is C19H20N2O4S. The van der Waals surface area contributed by atoms with E-state index in [2.05, 4.69) is 16.4 Å². The van der Waals surface area contributed by atoms with E-state index in [1.165, 1.54) is 32.7 Å².